The van der Waals surface area contributed by atoms with E-state index in [2.05, 4.69) is 0 Å². The van der Waals surface area contributed by atoms with Crippen molar-refractivity contribution in [3.63, 3.8) is 0 Å². The lowest BCUT2D eigenvalue weighted by molar-refractivity contribution is -0.137. The van der Waals surface area contributed by atoms with E-state index >= 15 is 0 Å². The number of carboxylic acids is 1. The van der Waals surface area contributed by atoms with Gasteiger partial charge in [0.05, 0.1) is 0 Å². The molecule has 0 bridgehead atoms. The predicted octanol–water partition coefficient (Wildman–Crippen LogP) is 0.326. The van der Waals surface area contributed by atoms with Gasteiger partial charge in [0.15, 0.2) is 0 Å². The third kappa shape index (κ3) is 4.22. The molecule has 1 atom stereocenters. The smallest absolute Gasteiger partial charge is 0.323 e. The molecule has 17 heavy (non-hydrogen) atoms. The number of aliphatic carboxylic acids is 1. The highest BCUT2D eigenvalue weighted by Gasteiger charge is 2.26. The summed E-state index contributed by atoms with van der Waals surface area (Å²) in [6.45, 7) is 3.35. The molecule has 3 N–H and O–H groups in total. The second kappa shape index (κ2) is 6.44. The van der Waals surface area contributed by atoms with Crippen molar-refractivity contribution in [2.75, 3.05) is 26.2 Å². The number of carbonyl (C=O) groups is 2. The minimum absolute atomic E-state index is 0.0148. The molecule has 6 nitrogen and oxygen atoms in total. The second-order valence-electron chi connectivity index (χ2n) is 4.45. The number of hydrogen-bond donors (Lipinski definition) is 2. The van der Waals surface area contributed by atoms with Gasteiger partial charge in [0.1, 0.15) is 6.54 Å². The van der Waals surface area contributed by atoms with Gasteiger partial charge in [0.2, 0.25) is 0 Å². The Balaban J connectivity index is 2.59. The standard InChI is InChI=1S/C11H21N3O3/c1-2-5-13(8-10(15)16)11(17)14-6-3-4-9(12)7-14/h9H,2-8,12H2,1H3,(H,15,16). The molecule has 1 heterocycles. The molecule has 2 amide bonds. The zero-order valence-electron chi connectivity index (χ0n) is 10.3. The number of rotatable bonds is 4. The Morgan fingerprint density at radius 2 is 2.24 bits per heavy atom. The fourth-order valence-electron chi connectivity index (χ4n) is 2.06. The van der Waals surface area contributed by atoms with Crippen LogP contribution in [-0.4, -0.2) is 59.1 Å². The Kier molecular flexibility index (Phi) is 5.21. The van der Waals surface area contributed by atoms with Crippen LogP contribution in [0, 0.1) is 0 Å². The van der Waals surface area contributed by atoms with E-state index in [-0.39, 0.29) is 18.6 Å². The minimum Gasteiger partial charge on any atom is -0.480 e. The van der Waals surface area contributed by atoms with Crippen molar-refractivity contribution in [2.24, 2.45) is 5.73 Å². The zero-order chi connectivity index (χ0) is 12.8. The van der Waals surface area contributed by atoms with Crippen LogP contribution in [0.2, 0.25) is 0 Å². The molecule has 98 valence electrons. The monoisotopic (exact) mass is 243 g/mol. The van der Waals surface area contributed by atoms with Crippen molar-refractivity contribution >= 4 is 12.0 Å². The zero-order valence-corrected chi connectivity index (χ0v) is 10.3. The Morgan fingerprint density at radius 3 is 2.76 bits per heavy atom. The minimum atomic E-state index is -0.979. The molecule has 0 aromatic carbocycles. The summed E-state index contributed by atoms with van der Waals surface area (Å²) in [4.78, 5) is 25.8. The lowest BCUT2D eigenvalue weighted by atomic mass is 10.1. The summed E-state index contributed by atoms with van der Waals surface area (Å²) in [6, 6.07) is -0.189. The number of piperidine rings is 1. The first-order valence-corrected chi connectivity index (χ1v) is 6.05. The maximum Gasteiger partial charge on any atom is 0.323 e. The van der Waals surface area contributed by atoms with Crippen molar-refractivity contribution in [1.29, 1.82) is 0 Å². The summed E-state index contributed by atoms with van der Waals surface area (Å²) in [5.74, 6) is -0.979. The maximum absolute atomic E-state index is 12.1. The van der Waals surface area contributed by atoms with Crippen molar-refractivity contribution in [1.82, 2.24) is 9.80 Å². The van der Waals surface area contributed by atoms with Gasteiger partial charge in [-0.3, -0.25) is 4.79 Å². The van der Waals surface area contributed by atoms with E-state index < -0.39 is 5.97 Å². The van der Waals surface area contributed by atoms with E-state index in [1.54, 1.807) is 4.90 Å². The van der Waals surface area contributed by atoms with Gasteiger partial charge < -0.3 is 20.6 Å². The summed E-state index contributed by atoms with van der Waals surface area (Å²) >= 11 is 0. The molecule has 0 saturated carbocycles. The summed E-state index contributed by atoms with van der Waals surface area (Å²) in [6.07, 6.45) is 2.56. The molecule has 1 aliphatic rings. The van der Waals surface area contributed by atoms with Gasteiger partial charge in [-0.05, 0) is 19.3 Å². The number of amides is 2. The molecule has 0 radical (unpaired) electrons. The van der Waals surface area contributed by atoms with Gasteiger partial charge in [-0.25, -0.2) is 4.79 Å². The van der Waals surface area contributed by atoms with Crippen molar-refractivity contribution in [3.8, 4) is 0 Å². The molecule has 0 aliphatic carbocycles. The molecular weight excluding hydrogens is 222 g/mol. The molecule has 1 fully saturated rings. The van der Waals surface area contributed by atoms with Crippen LogP contribution in [0.15, 0.2) is 0 Å². The van der Waals surface area contributed by atoms with Gasteiger partial charge in [0.25, 0.3) is 0 Å². The Hall–Kier alpha value is -1.30. The van der Waals surface area contributed by atoms with Crippen LogP contribution >= 0.6 is 0 Å². The first-order valence-electron chi connectivity index (χ1n) is 6.05. The maximum atomic E-state index is 12.1. The highest BCUT2D eigenvalue weighted by atomic mass is 16.4. The van der Waals surface area contributed by atoms with Crippen molar-refractivity contribution in [2.45, 2.75) is 32.2 Å². The van der Waals surface area contributed by atoms with Crippen LogP contribution in [-0.2, 0) is 4.79 Å². The van der Waals surface area contributed by atoms with Crippen LogP contribution in [0.5, 0.6) is 0 Å². The van der Waals surface area contributed by atoms with Crippen LogP contribution < -0.4 is 5.73 Å². The average Bonchev–Trinajstić information content (AvgIpc) is 2.27. The lowest BCUT2D eigenvalue weighted by Crippen LogP contribution is -2.52. The fraction of sp³-hybridized carbons (Fsp3) is 0.818. The van der Waals surface area contributed by atoms with Crippen LogP contribution in [0.25, 0.3) is 0 Å². The fourth-order valence-corrected chi connectivity index (χ4v) is 2.06. The van der Waals surface area contributed by atoms with Gasteiger partial charge in [-0.2, -0.15) is 0 Å². The van der Waals surface area contributed by atoms with E-state index in [0.717, 1.165) is 19.3 Å². The van der Waals surface area contributed by atoms with Crippen LogP contribution in [0.4, 0.5) is 4.79 Å². The predicted molar refractivity (Wildman–Crippen MR) is 63.7 cm³/mol. The number of hydrogen-bond acceptors (Lipinski definition) is 3. The summed E-state index contributed by atoms with van der Waals surface area (Å²) in [5, 5.41) is 8.77. The highest BCUT2D eigenvalue weighted by Crippen LogP contribution is 2.11. The second-order valence-corrected chi connectivity index (χ2v) is 4.45. The summed E-state index contributed by atoms with van der Waals surface area (Å²) < 4.78 is 0. The van der Waals surface area contributed by atoms with E-state index in [9.17, 15) is 9.59 Å². The Morgan fingerprint density at radius 1 is 1.53 bits per heavy atom. The van der Waals surface area contributed by atoms with Gasteiger partial charge in [-0.1, -0.05) is 6.92 Å². The third-order valence-corrected chi connectivity index (χ3v) is 2.82. The van der Waals surface area contributed by atoms with E-state index in [0.29, 0.717) is 19.6 Å². The molecule has 1 saturated heterocycles. The summed E-state index contributed by atoms with van der Waals surface area (Å²) in [5.41, 5.74) is 5.81. The van der Waals surface area contributed by atoms with Gasteiger partial charge >= 0.3 is 12.0 Å². The number of likely N-dealkylation sites (tertiary alicyclic amines) is 1. The highest BCUT2D eigenvalue weighted by molar-refractivity contribution is 5.80. The summed E-state index contributed by atoms with van der Waals surface area (Å²) in [7, 11) is 0. The number of nitrogens with zero attached hydrogens (tertiary/aromatic N) is 2. The SMILES string of the molecule is CCCN(CC(=O)O)C(=O)N1CCCC(N)C1. The normalized spacial score (nSPS) is 20.1. The molecule has 0 spiro atoms. The first-order chi connectivity index (χ1) is 8.04. The molecule has 1 unspecified atom stereocenters. The van der Waals surface area contributed by atoms with Crippen LogP contribution in [0.1, 0.15) is 26.2 Å². The van der Waals surface area contributed by atoms with Crippen molar-refractivity contribution in [3.05, 3.63) is 0 Å². The molecule has 1 rings (SSSR count). The van der Waals surface area contributed by atoms with Crippen molar-refractivity contribution < 1.29 is 14.7 Å². The van der Waals surface area contributed by atoms with E-state index in [1.807, 2.05) is 6.92 Å². The van der Waals surface area contributed by atoms with E-state index in [1.165, 1.54) is 4.90 Å². The number of nitrogens with two attached hydrogens (primary N) is 1. The number of carboxylic acid groups (broad SMARTS) is 1. The van der Waals surface area contributed by atoms with Crippen LogP contribution in [0.3, 0.4) is 0 Å². The molecule has 0 aromatic rings. The molecular formula is C11H21N3O3. The molecule has 6 heteroatoms. The quantitative estimate of drug-likeness (QED) is 0.744. The van der Waals surface area contributed by atoms with Gasteiger partial charge in [0, 0.05) is 25.7 Å². The lowest BCUT2D eigenvalue weighted by Gasteiger charge is -2.34. The molecule has 0 aromatic heterocycles. The first kappa shape index (κ1) is 13.8. The average molecular weight is 243 g/mol. The molecule has 1 aliphatic heterocycles. The largest absolute Gasteiger partial charge is 0.480 e. The topological polar surface area (TPSA) is 86.9 Å². The Labute approximate surface area is 101 Å². The Bertz CT molecular complexity index is 283. The third-order valence-electron chi connectivity index (χ3n) is 2.82. The van der Waals surface area contributed by atoms with Gasteiger partial charge in [-0.15, -0.1) is 0 Å². The number of urea groups is 1. The van der Waals surface area contributed by atoms with E-state index in [4.69, 9.17) is 10.8 Å². The number of carbonyl (C=O) groups excluding carboxylic acids is 1.